The topological polar surface area (TPSA) is 86.9 Å². The normalized spacial score (nSPS) is 13.6. The highest BCUT2D eigenvalue weighted by Crippen LogP contribution is 2.16. The van der Waals surface area contributed by atoms with Crippen molar-refractivity contribution in [1.29, 1.82) is 0 Å². The van der Waals surface area contributed by atoms with E-state index in [0.29, 0.717) is 23.9 Å². The zero-order valence-electron chi connectivity index (χ0n) is 12.5. The molecule has 1 aromatic rings. The number of hydrogen-bond donors (Lipinski definition) is 3. The van der Waals surface area contributed by atoms with E-state index in [1.807, 2.05) is 20.1 Å². The van der Waals surface area contributed by atoms with Gasteiger partial charge in [-0.25, -0.2) is 13.1 Å². The summed E-state index contributed by atoms with van der Waals surface area (Å²) in [6, 6.07) is 0. The van der Waals surface area contributed by atoms with Gasteiger partial charge in [0.1, 0.15) is 0 Å². The summed E-state index contributed by atoms with van der Waals surface area (Å²) < 4.78 is 27.2. The summed E-state index contributed by atoms with van der Waals surface area (Å²) in [4.78, 5) is 0. The molecule has 0 aliphatic rings. The first-order valence-corrected chi connectivity index (χ1v) is 9.46. The minimum Gasteiger partial charge on any atom is -0.313 e. The van der Waals surface area contributed by atoms with E-state index in [1.165, 1.54) is 0 Å². The fourth-order valence-electron chi connectivity index (χ4n) is 1.69. The van der Waals surface area contributed by atoms with Crippen molar-refractivity contribution in [2.24, 2.45) is 0 Å². The van der Waals surface area contributed by atoms with E-state index in [-0.39, 0.29) is 5.03 Å². The number of sulfonamides is 1. The largest absolute Gasteiger partial charge is 0.313 e. The summed E-state index contributed by atoms with van der Waals surface area (Å²) in [5.41, 5.74) is 1.49. The predicted molar refractivity (Wildman–Crippen MR) is 83.5 cm³/mol. The van der Waals surface area contributed by atoms with Crippen LogP contribution in [0.25, 0.3) is 0 Å². The van der Waals surface area contributed by atoms with Gasteiger partial charge in [0.2, 0.25) is 0 Å². The lowest BCUT2D eigenvalue weighted by Crippen LogP contribution is -2.28. The molecule has 1 rings (SSSR count). The second kappa shape index (κ2) is 8.02. The first-order valence-electron chi connectivity index (χ1n) is 6.69. The molecule has 0 aliphatic carbocycles. The van der Waals surface area contributed by atoms with Crippen molar-refractivity contribution in [3.05, 3.63) is 11.3 Å². The number of aromatic nitrogens is 2. The molecule has 0 aliphatic heterocycles. The van der Waals surface area contributed by atoms with Gasteiger partial charge in [0.05, 0.1) is 0 Å². The zero-order chi connectivity index (χ0) is 15.2. The fraction of sp³-hybridized carbons (Fsp3) is 0.750. The highest BCUT2D eigenvalue weighted by atomic mass is 32.2. The summed E-state index contributed by atoms with van der Waals surface area (Å²) >= 11 is 1.72. The molecule has 1 aromatic heterocycles. The van der Waals surface area contributed by atoms with Crippen LogP contribution in [0.1, 0.15) is 31.5 Å². The maximum absolute atomic E-state index is 12.3. The minimum absolute atomic E-state index is 0.104. The van der Waals surface area contributed by atoms with Crippen molar-refractivity contribution in [1.82, 2.24) is 20.2 Å². The van der Waals surface area contributed by atoms with Gasteiger partial charge in [-0.2, -0.15) is 16.9 Å². The fourth-order valence-corrected chi connectivity index (χ4v) is 3.29. The Morgan fingerprint density at radius 1 is 1.45 bits per heavy atom. The number of nitrogens with zero attached hydrogens (tertiary/aromatic N) is 1. The Morgan fingerprint density at radius 3 is 2.75 bits per heavy atom. The lowest BCUT2D eigenvalue weighted by Gasteiger charge is -2.10. The Labute approximate surface area is 125 Å². The highest BCUT2D eigenvalue weighted by molar-refractivity contribution is 7.99. The quantitative estimate of drug-likeness (QED) is 0.637. The molecule has 0 bridgehead atoms. The molecular formula is C12H24N4O2S2. The van der Waals surface area contributed by atoms with Gasteiger partial charge < -0.3 is 5.32 Å². The van der Waals surface area contributed by atoms with Gasteiger partial charge in [-0.1, -0.05) is 13.8 Å². The van der Waals surface area contributed by atoms with E-state index in [1.54, 1.807) is 11.8 Å². The molecule has 0 saturated carbocycles. The summed E-state index contributed by atoms with van der Waals surface area (Å²) in [7, 11) is -3.55. The molecule has 0 saturated heterocycles. The van der Waals surface area contributed by atoms with E-state index in [2.05, 4.69) is 27.2 Å². The lowest BCUT2D eigenvalue weighted by atomic mass is 10.2. The van der Waals surface area contributed by atoms with Gasteiger partial charge >= 0.3 is 0 Å². The average Bonchev–Trinajstić information content (AvgIpc) is 2.78. The standard InChI is InChI=1S/C12H24N4O2S2/c1-5-13-8-11-10(3)15-16-12(11)20(17,18)14-7-6-9(2)19-4/h9,13-14H,5-8H2,1-4H3,(H,15,16). The molecule has 3 N–H and O–H groups in total. The highest BCUT2D eigenvalue weighted by Gasteiger charge is 2.23. The van der Waals surface area contributed by atoms with Crippen molar-refractivity contribution in [3.63, 3.8) is 0 Å². The Bertz CT molecular complexity index is 514. The van der Waals surface area contributed by atoms with E-state index in [4.69, 9.17) is 0 Å². The molecular weight excluding hydrogens is 296 g/mol. The molecule has 0 fully saturated rings. The molecule has 0 radical (unpaired) electrons. The van der Waals surface area contributed by atoms with E-state index < -0.39 is 10.0 Å². The molecule has 0 amide bonds. The monoisotopic (exact) mass is 320 g/mol. The maximum Gasteiger partial charge on any atom is 0.260 e. The Balaban J connectivity index is 2.76. The maximum atomic E-state index is 12.3. The second-order valence-electron chi connectivity index (χ2n) is 4.65. The van der Waals surface area contributed by atoms with Crippen LogP contribution < -0.4 is 10.0 Å². The van der Waals surface area contributed by atoms with Crippen molar-refractivity contribution in [3.8, 4) is 0 Å². The Kier molecular flexibility index (Phi) is 7.01. The Morgan fingerprint density at radius 2 is 2.15 bits per heavy atom. The van der Waals surface area contributed by atoms with Crippen LogP contribution in [0.2, 0.25) is 0 Å². The second-order valence-corrected chi connectivity index (χ2v) is 7.60. The number of hydrogen-bond acceptors (Lipinski definition) is 5. The third-order valence-corrected chi connectivity index (χ3v) is 5.56. The van der Waals surface area contributed by atoms with Crippen LogP contribution in [-0.4, -0.2) is 43.2 Å². The number of aromatic amines is 1. The lowest BCUT2D eigenvalue weighted by molar-refractivity contribution is 0.572. The molecule has 8 heteroatoms. The molecule has 1 unspecified atom stereocenters. The molecule has 1 atom stereocenters. The van der Waals surface area contributed by atoms with Crippen molar-refractivity contribution < 1.29 is 8.42 Å². The van der Waals surface area contributed by atoms with Crippen molar-refractivity contribution >= 4 is 21.8 Å². The number of thioether (sulfide) groups is 1. The minimum atomic E-state index is -3.55. The van der Waals surface area contributed by atoms with Crippen LogP contribution in [0.5, 0.6) is 0 Å². The number of H-pyrrole nitrogens is 1. The summed E-state index contributed by atoms with van der Waals surface area (Å²) in [5, 5.41) is 10.4. The number of aryl methyl sites for hydroxylation is 1. The molecule has 116 valence electrons. The first-order chi connectivity index (χ1) is 9.42. The van der Waals surface area contributed by atoms with Gasteiger partial charge in [-0.3, -0.25) is 5.10 Å². The first kappa shape index (κ1) is 17.5. The molecule has 20 heavy (non-hydrogen) atoms. The third-order valence-electron chi connectivity index (χ3n) is 3.09. The summed E-state index contributed by atoms with van der Waals surface area (Å²) in [5.74, 6) is 0. The number of nitrogens with one attached hydrogen (secondary N) is 3. The van der Waals surface area contributed by atoms with Crippen LogP contribution in [0.3, 0.4) is 0 Å². The molecule has 6 nitrogen and oxygen atoms in total. The zero-order valence-corrected chi connectivity index (χ0v) is 14.1. The van der Waals surface area contributed by atoms with Crippen LogP contribution in [0, 0.1) is 6.92 Å². The molecule has 0 aromatic carbocycles. The van der Waals surface area contributed by atoms with E-state index in [0.717, 1.165) is 18.7 Å². The molecule has 1 heterocycles. The number of rotatable bonds is 9. The van der Waals surface area contributed by atoms with Crippen LogP contribution in [0.15, 0.2) is 5.03 Å². The van der Waals surface area contributed by atoms with Gasteiger partial charge in [0, 0.05) is 29.6 Å². The van der Waals surface area contributed by atoms with Crippen LogP contribution >= 0.6 is 11.8 Å². The summed E-state index contributed by atoms with van der Waals surface area (Å²) in [6.07, 6.45) is 2.82. The van der Waals surface area contributed by atoms with Gasteiger partial charge in [0.25, 0.3) is 10.0 Å². The van der Waals surface area contributed by atoms with Crippen molar-refractivity contribution in [2.75, 3.05) is 19.3 Å². The van der Waals surface area contributed by atoms with Crippen molar-refractivity contribution in [2.45, 2.75) is 44.0 Å². The average molecular weight is 320 g/mol. The smallest absolute Gasteiger partial charge is 0.260 e. The van der Waals surface area contributed by atoms with Crippen LogP contribution in [-0.2, 0) is 16.6 Å². The predicted octanol–water partition coefficient (Wildman–Crippen LogP) is 1.25. The van der Waals surface area contributed by atoms with E-state index in [9.17, 15) is 8.42 Å². The van der Waals surface area contributed by atoms with E-state index >= 15 is 0 Å². The van der Waals surface area contributed by atoms with Gasteiger partial charge in [-0.05, 0) is 26.1 Å². The Hall–Kier alpha value is -0.570. The third kappa shape index (κ3) is 4.76. The van der Waals surface area contributed by atoms with Gasteiger partial charge in [-0.15, -0.1) is 0 Å². The molecule has 0 spiro atoms. The van der Waals surface area contributed by atoms with Gasteiger partial charge in [0.15, 0.2) is 5.03 Å². The summed E-state index contributed by atoms with van der Waals surface area (Å²) in [6.45, 7) is 7.59. The van der Waals surface area contributed by atoms with Crippen LogP contribution in [0.4, 0.5) is 0 Å². The SMILES string of the molecule is CCNCc1c(S(=O)(=O)NCCC(C)SC)n[nH]c1C.